The van der Waals surface area contributed by atoms with Gasteiger partial charge in [-0.2, -0.15) is 4.31 Å². The number of halogens is 1. The van der Waals surface area contributed by atoms with Gasteiger partial charge in [0.05, 0.1) is 4.90 Å². The highest BCUT2D eigenvalue weighted by Gasteiger charge is 2.29. The van der Waals surface area contributed by atoms with Gasteiger partial charge in [-0.05, 0) is 46.7 Å². The Morgan fingerprint density at radius 3 is 2.33 bits per heavy atom. The van der Waals surface area contributed by atoms with Crippen molar-refractivity contribution in [2.45, 2.75) is 4.90 Å². The normalized spacial score (nSPS) is 15.7. The van der Waals surface area contributed by atoms with Gasteiger partial charge < -0.3 is 4.90 Å². The topological polar surface area (TPSA) is 57.7 Å². The smallest absolute Gasteiger partial charge is 0.246 e. The first-order valence-corrected chi connectivity index (χ1v) is 11.1. The van der Waals surface area contributed by atoms with Crippen LogP contribution in [0.25, 0.3) is 16.8 Å². The van der Waals surface area contributed by atoms with Crippen LogP contribution in [0.2, 0.25) is 0 Å². The SMILES string of the molecule is O=C(/C=C/c1cccc(F)c1)N1CCN(S(=O)(=O)c2ccc3ccccc3c2)CC1. The van der Waals surface area contributed by atoms with Crippen LogP contribution in [0.1, 0.15) is 5.56 Å². The predicted molar refractivity (Wildman–Crippen MR) is 115 cm³/mol. The largest absolute Gasteiger partial charge is 0.337 e. The Morgan fingerprint density at radius 2 is 1.60 bits per heavy atom. The van der Waals surface area contributed by atoms with Gasteiger partial charge >= 0.3 is 0 Å². The summed E-state index contributed by atoms with van der Waals surface area (Å²) in [7, 11) is -3.63. The standard InChI is InChI=1S/C23H21FN2O3S/c24-21-7-3-4-18(16-21)8-11-23(27)25-12-14-26(15-13-25)30(28,29)22-10-9-19-5-1-2-6-20(19)17-22/h1-11,16-17H,12-15H2/b11-8+. The van der Waals surface area contributed by atoms with E-state index < -0.39 is 10.0 Å². The Morgan fingerprint density at radius 1 is 0.867 bits per heavy atom. The molecule has 0 aliphatic carbocycles. The first kappa shape index (κ1) is 20.3. The third-order valence-corrected chi connectivity index (χ3v) is 7.07. The van der Waals surface area contributed by atoms with Gasteiger partial charge in [0.1, 0.15) is 5.82 Å². The highest BCUT2D eigenvalue weighted by molar-refractivity contribution is 7.89. The van der Waals surface area contributed by atoms with E-state index in [-0.39, 0.29) is 29.7 Å². The first-order chi connectivity index (χ1) is 14.4. The lowest BCUT2D eigenvalue weighted by Crippen LogP contribution is -2.50. The molecule has 4 rings (SSSR count). The van der Waals surface area contributed by atoms with Gasteiger partial charge in [-0.1, -0.05) is 42.5 Å². The van der Waals surface area contributed by atoms with Crippen molar-refractivity contribution in [1.29, 1.82) is 0 Å². The lowest BCUT2D eigenvalue weighted by Gasteiger charge is -2.33. The molecule has 5 nitrogen and oxygen atoms in total. The van der Waals surface area contributed by atoms with E-state index in [1.807, 2.05) is 24.3 Å². The molecule has 1 amide bonds. The molecule has 0 saturated carbocycles. The molecule has 3 aromatic rings. The fourth-order valence-electron chi connectivity index (χ4n) is 3.51. The van der Waals surface area contributed by atoms with Crippen LogP contribution in [-0.4, -0.2) is 49.7 Å². The molecule has 1 aliphatic rings. The number of nitrogens with zero attached hydrogens (tertiary/aromatic N) is 2. The van der Waals surface area contributed by atoms with E-state index >= 15 is 0 Å². The Labute approximate surface area is 175 Å². The van der Waals surface area contributed by atoms with Crippen LogP contribution in [0.5, 0.6) is 0 Å². The summed E-state index contributed by atoms with van der Waals surface area (Å²) in [4.78, 5) is 14.3. The second-order valence-corrected chi connectivity index (χ2v) is 9.06. The summed E-state index contributed by atoms with van der Waals surface area (Å²) >= 11 is 0. The fourth-order valence-corrected chi connectivity index (χ4v) is 4.97. The van der Waals surface area contributed by atoms with Gasteiger partial charge in [-0.3, -0.25) is 4.79 Å². The van der Waals surface area contributed by atoms with Crippen LogP contribution in [0.3, 0.4) is 0 Å². The number of hydrogen-bond donors (Lipinski definition) is 0. The Bertz CT molecular complexity index is 1220. The van der Waals surface area contributed by atoms with E-state index in [9.17, 15) is 17.6 Å². The van der Waals surface area contributed by atoms with E-state index in [2.05, 4.69) is 0 Å². The minimum absolute atomic E-state index is 0.220. The predicted octanol–water partition coefficient (Wildman–Crippen LogP) is 3.53. The summed E-state index contributed by atoms with van der Waals surface area (Å²) in [5.74, 6) is -0.584. The molecule has 0 spiro atoms. The molecule has 3 aromatic carbocycles. The molecule has 0 atom stereocenters. The number of benzene rings is 3. The lowest BCUT2D eigenvalue weighted by molar-refractivity contribution is -0.127. The van der Waals surface area contributed by atoms with E-state index in [1.165, 1.54) is 22.5 Å². The van der Waals surface area contributed by atoms with Gasteiger partial charge in [-0.15, -0.1) is 0 Å². The summed E-state index contributed by atoms with van der Waals surface area (Å²) in [5.41, 5.74) is 0.598. The van der Waals surface area contributed by atoms with Gasteiger partial charge in [0.15, 0.2) is 0 Å². The molecule has 30 heavy (non-hydrogen) atoms. The second kappa shape index (κ2) is 8.38. The average Bonchev–Trinajstić information content (AvgIpc) is 2.77. The number of hydrogen-bond acceptors (Lipinski definition) is 3. The zero-order chi connectivity index (χ0) is 21.1. The number of rotatable bonds is 4. The molecule has 1 aliphatic heterocycles. The van der Waals surface area contributed by atoms with Gasteiger partial charge in [0.2, 0.25) is 15.9 Å². The third kappa shape index (κ3) is 4.27. The van der Waals surface area contributed by atoms with Crippen LogP contribution in [0.15, 0.2) is 77.7 Å². The second-order valence-electron chi connectivity index (χ2n) is 7.13. The minimum atomic E-state index is -3.63. The molecule has 0 bridgehead atoms. The van der Waals surface area contributed by atoms with Crippen molar-refractivity contribution in [3.8, 4) is 0 Å². The van der Waals surface area contributed by atoms with Gasteiger partial charge in [0.25, 0.3) is 0 Å². The van der Waals surface area contributed by atoms with E-state index in [0.29, 0.717) is 18.7 Å². The number of carbonyl (C=O) groups excluding carboxylic acids is 1. The first-order valence-electron chi connectivity index (χ1n) is 9.65. The summed E-state index contributed by atoms with van der Waals surface area (Å²) < 4.78 is 40.7. The van der Waals surface area contributed by atoms with E-state index in [1.54, 1.807) is 41.3 Å². The van der Waals surface area contributed by atoms with Crippen molar-refractivity contribution in [1.82, 2.24) is 9.21 Å². The fraction of sp³-hybridized carbons (Fsp3) is 0.174. The third-order valence-electron chi connectivity index (χ3n) is 5.18. The number of fused-ring (bicyclic) bond motifs is 1. The zero-order valence-corrected chi connectivity index (χ0v) is 17.1. The van der Waals surface area contributed by atoms with Crippen LogP contribution < -0.4 is 0 Å². The van der Waals surface area contributed by atoms with Gasteiger partial charge in [0, 0.05) is 32.3 Å². The van der Waals surface area contributed by atoms with Gasteiger partial charge in [-0.25, -0.2) is 12.8 Å². The summed E-state index contributed by atoms with van der Waals surface area (Å²) in [5, 5.41) is 1.85. The Hall–Kier alpha value is -3.03. The molecule has 0 radical (unpaired) electrons. The van der Waals surface area contributed by atoms with Crippen molar-refractivity contribution in [3.05, 3.63) is 84.2 Å². The maximum absolute atomic E-state index is 13.2. The molecule has 0 N–H and O–H groups in total. The van der Waals surface area contributed by atoms with Crippen LogP contribution >= 0.6 is 0 Å². The summed E-state index contributed by atoms with van der Waals surface area (Å²) in [6.07, 6.45) is 2.95. The van der Waals surface area contributed by atoms with Crippen molar-refractivity contribution in [2.75, 3.05) is 26.2 Å². The molecule has 0 aromatic heterocycles. The highest BCUT2D eigenvalue weighted by atomic mass is 32.2. The number of piperazine rings is 1. The molecule has 1 saturated heterocycles. The van der Waals surface area contributed by atoms with Crippen molar-refractivity contribution >= 4 is 32.8 Å². The number of sulfonamides is 1. The van der Waals surface area contributed by atoms with Crippen LogP contribution in [0, 0.1) is 5.82 Å². The van der Waals surface area contributed by atoms with E-state index in [0.717, 1.165) is 10.8 Å². The molecule has 7 heteroatoms. The lowest BCUT2D eigenvalue weighted by atomic mass is 10.1. The molecule has 0 unspecified atom stereocenters. The highest BCUT2D eigenvalue weighted by Crippen LogP contribution is 2.23. The quantitative estimate of drug-likeness (QED) is 0.602. The monoisotopic (exact) mass is 424 g/mol. The summed E-state index contributed by atoms with van der Waals surface area (Å²) in [6.45, 7) is 1.07. The van der Waals surface area contributed by atoms with Crippen LogP contribution in [0.4, 0.5) is 4.39 Å². The van der Waals surface area contributed by atoms with Crippen LogP contribution in [-0.2, 0) is 14.8 Å². The molecule has 1 heterocycles. The van der Waals surface area contributed by atoms with E-state index in [4.69, 9.17) is 0 Å². The maximum Gasteiger partial charge on any atom is 0.246 e. The zero-order valence-electron chi connectivity index (χ0n) is 16.2. The Kier molecular flexibility index (Phi) is 5.65. The molecular weight excluding hydrogens is 403 g/mol. The molecule has 1 fully saturated rings. The molecule has 154 valence electrons. The number of amides is 1. The summed E-state index contributed by atoms with van der Waals surface area (Å²) in [6, 6.07) is 18.7. The van der Waals surface area contributed by atoms with Crippen molar-refractivity contribution in [3.63, 3.8) is 0 Å². The minimum Gasteiger partial charge on any atom is -0.337 e. The maximum atomic E-state index is 13.2. The Balaban J connectivity index is 1.42. The number of carbonyl (C=O) groups is 1. The van der Waals surface area contributed by atoms with Crippen molar-refractivity contribution < 1.29 is 17.6 Å². The molecular formula is C23H21FN2O3S. The van der Waals surface area contributed by atoms with Crippen molar-refractivity contribution in [2.24, 2.45) is 0 Å². The average molecular weight is 424 g/mol.